The number of rotatable bonds is 9. The van der Waals surface area contributed by atoms with Crippen molar-refractivity contribution in [2.45, 2.75) is 52.6 Å². The van der Waals surface area contributed by atoms with Crippen LogP contribution in [-0.2, 0) is 6.42 Å². The Kier molecular flexibility index (Phi) is 7.30. The normalized spacial score (nSPS) is 12.2. The van der Waals surface area contributed by atoms with E-state index in [0.29, 0.717) is 0 Å². The summed E-state index contributed by atoms with van der Waals surface area (Å²) >= 11 is 0. The van der Waals surface area contributed by atoms with E-state index in [2.05, 4.69) is 34.0 Å². The van der Waals surface area contributed by atoms with Crippen LogP contribution in [0.15, 0.2) is 6.07 Å². The molecule has 0 radical (unpaired) electrons. The summed E-state index contributed by atoms with van der Waals surface area (Å²) in [6, 6.07) is 1.98. The van der Waals surface area contributed by atoms with Crippen LogP contribution >= 0.6 is 0 Å². The molecule has 5 heteroatoms. The van der Waals surface area contributed by atoms with Crippen molar-refractivity contribution in [3.63, 3.8) is 0 Å². The van der Waals surface area contributed by atoms with Gasteiger partial charge in [0, 0.05) is 32.6 Å². The van der Waals surface area contributed by atoms with Crippen molar-refractivity contribution in [3.8, 4) is 0 Å². The predicted molar refractivity (Wildman–Crippen MR) is 84.4 cm³/mol. The molecule has 1 atom stereocenters. The molecule has 2 N–H and O–H groups in total. The van der Waals surface area contributed by atoms with Crippen molar-refractivity contribution in [3.05, 3.63) is 11.9 Å². The van der Waals surface area contributed by atoms with Gasteiger partial charge in [0.2, 0.25) is 0 Å². The summed E-state index contributed by atoms with van der Waals surface area (Å²) in [5.41, 5.74) is 0. The van der Waals surface area contributed by atoms with Crippen LogP contribution in [0.4, 0.5) is 11.6 Å². The fourth-order valence-electron chi connectivity index (χ4n) is 1.85. The van der Waals surface area contributed by atoms with Crippen molar-refractivity contribution in [2.75, 3.05) is 30.4 Å². The van der Waals surface area contributed by atoms with E-state index in [4.69, 9.17) is 0 Å². The summed E-state index contributed by atoms with van der Waals surface area (Å²) < 4.78 is 0. The first-order valence-corrected chi connectivity index (χ1v) is 7.57. The van der Waals surface area contributed by atoms with Crippen LogP contribution in [0.1, 0.15) is 45.9 Å². The number of hydrogen-bond donors (Lipinski definition) is 2. The van der Waals surface area contributed by atoms with Crippen molar-refractivity contribution in [1.82, 2.24) is 9.97 Å². The summed E-state index contributed by atoms with van der Waals surface area (Å²) in [6.45, 7) is 7.78. The molecule has 0 saturated carbocycles. The zero-order valence-corrected chi connectivity index (χ0v) is 13.2. The second-order valence-electron chi connectivity index (χ2n) is 5.26. The molecule has 1 unspecified atom stereocenters. The second kappa shape index (κ2) is 8.74. The van der Waals surface area contributed by atoms with Gasteiger partial charge in [-0.05, 0) is 26.2 Å². The molecule has 5 nitrogen and oxygen atoms in total. The van der Waals surface area contributed by atoms with Gasteiger partial charge >= 0.3 is 0 Å². The number of aliphatic hydroxyl groups is 1. The molecule has 0 saturated heterocycles. The molecule has 1 heterocycles. The zero-order valence-electron chi connectivity index (χ0n) is 13.2. The summed E-state index contributed by atoms with van der Waals surface area (Å²) in [4.78, 5) is 11.2. The van der Waals surface area contributed by atoms with E-state index in [1.165, 1.54) is 0 Å². The predicted octanol–water partition coefficient (Wildman–Crippen LogP) is 2.46. The molecule has 0 aliphatic heterocycles. The first-order chi connectivity index (χ1) is 9.56. The van der Waals surface area contributed by atoms with Gasteiger partial charge in [-0.25, -0.2) is 9.97 Å². The third kappa shape index (κ3) is 5.74. The highest BCUT2D eigenvalue weighted by atomic mass is 16.3. The van der Waals surface area contributed by atoms with Gasteiger partial charge in [-0.3, -0.25) is 0 Å². The largest absolute Gasteiger partial charge is 0.393 e. The quantitative estimate of drug-likeness (QED) is 0.727. The molecule has 1 aromatic heterocycles. The molecule has 0 aromatic carbocycles. The van der Waals surface area contributed by atoms with Gasteiger partial charge in [0.15, 0.2) is 0 Å². The van der Waals surface area contributed by atoms with Crippen LogP contribution < -0.4 is 10.2 Å². The Morgan fingerprint density at radius 1 is 1.30 bits per heavy atom. The molecular formula is C15H28N4O. The topological polar surface area (TPSA) is 61.3 Å². The van der Waals surface area contributed by atoms with Crippen LogP contribution in [0.25, 0.3) is 0 Å². The van der Waals surface area contributed by atoms with Crippen LogP contribution in [0.2, 0.25) is 0 Å². The molecule has 0 bridgehead atoms. The molecule has 0 aliphatic carbocycles. The Labute approximate surface area is 122 Å². The third-order valence-corrected chi connectivity index (χ3v) is 3.06. The maximum absolute atomic E-state index is 9.39. The molecule has 1 rings (SSSR count). The summed E-state index contributed by atoms with van der Waals surface area (Å²) in [5.74, 6) is 2.69. The van der Waals surface area contributed by atoms with E-state index >= 15 is 0 Å². The fourth-order valence-corrected chi connectivity index (χ4v) is 1.85. The highest BCUT2D eigenvalue weighted by Gasteiger charge is 2.09. The smallest absolute Gasteiger partial charge is 0.134 e. The molecule has 20 heavy (non-hydrogen) atoms. The Morgan fingerprint density at radius 3 is 2.65 bits per heavy atom. The summed E-state index contributed by atoms with van der Waals surface area (Å²) in [6.07, 6.45) is 3.45. The molecule has 0 aliphatic rings. The standard InChI is InChI=1S/C15H28N4O/c1-5-7-13-17-14(16-9-6-2)11-15(18-13)19(4)10-8-12(3)20/h11-12,20H,5-10H2,1-4H3,(H,16,17,18). The number of hydrogen-bond acceptors (Lipinski definition) is 5. The van der Waals surface area contributed by atoms with E-state index < -0.39 is 0 Å². The lowest BCUT2D eigenvalue weighted by Crippen LogP contribution is -2.23. The minimum absolute atomic E-state index is 0.285. The average molecular weight is 280 g/mol. The average Bonchev–Trinajstić information content (AvgIpc) is 2.42. The summed E-state index contributed by atoms with van der Waals surface area (Å²) in [5, 5.41) is 12.7. The lowest BCUT2D eigenvalue weighted by molar-refractivity contribution is 0.187. The number of aryl methyl sites for hydroxylation is 1. The SMILES string of the molecule is CCCNc1cc(N(C)CCC(C)O)nc(CCC)n1. The van der Waals surface area contributed by atoms with E-state index in [9.17, 15) is 5.11 Å². The van der Waals surface area contributed by atoms with Gasteiger partial charge in [-0.1, -0.05) is 13.8 Å². The Hall–Kier alpha value is -1.36. The van der Waals surface area contributed by atoms with E-state index in [-0.39, 0.29) is 6.10 Å². The lowest BCUT2D eigenvalue weighted by Gasteiger charge is -2.20. The fraction of sp³-hybridized carbons (Fsp3) is 0.733. The van der Waals surface area contributed by atoms with Gasteiger partial charge in [0.25, 0.3) is 0 Å². The van der Waals surface area contributed by atoms with Crippen LogP contribution in [0.5, 0.6) is 0 Å². The number of anilines is 2. The zero-order chi connectivity index (χ0) is 15.0. The van der Waals surface area contributed by atoms with Gasteiger partial charge < -0.3 is 15.3 Å². The second-order valence-corrected chi connectivity index (χ2v) is 5.26. The molecule has 0 amide bonds. The van der Waals surface area contributed by atoms with Crippen LogP contribution in [0.3, 0.4) is 0 Å². The van der Waals surface area contributed by atoms with Crippen molar-refractivity contribution in [1.29, 1.82) is 0 Å². The Balaban J connectivity index is 2.83. The first-order valence-electron chi connectivity index (χ1n) is 7.57. The molecule has 114 valence electrons. The third-order valence-electron chi connectivity index (χ3n) is 3.06. The number of aliphatic hydroxyl groups excluding tert-OH is 1. The van der Waals surface area contributed by atoms with Crippen molar-refractivity contribution in [2.24, 2.45) is 0 Å². The Morgan fingerprint density at radius 2 is 2.05 bits per heavy atom. The minimum atomic E-state index is -0.285. The molecular weight excluding hydrogens is 252 g/mol. The number of nitrogens with zero attached hydrogens (tertiary/aromatic N) is 3. The summed E-state index contributed by atoms with van der Waals surface area (Å²) in [7, 11) is 2.00. The first kappa shape index (κ1) is 16.7. The highest BCUT2D eigenvalue weighted by molar-refractivity contribution is 5.49. The highest BCUT2D eigenvalue weighted by Crippen LogP contribution is 2.16. The number of nitrogens with one attached hydrogen (secondary N) is 1. The molecule has 1 aromatic rings. The maximum atomic E-state index is 9.39. The molecule has 0 fully saturated rings. The van der Waals surface area contributed by atoms with Crippen LogP contribution in [-0.4, -0.2) is 41.3 Å². The van der Waals surface area contributed by atoms with E-state index in [0.717, 1.165) is 56.2 Å². The molecule has 0 spiro atoms. The van der Waals surface area contributed by atoms with Gasteiger partial charge in [-0.2, -0.15) is 0 Å². The Bertz CT molecular complexity index is 395. The maximum Gasteiger partial charge on any atom is 0.134 e. The number of aromatic nitrogens is 2. The van der Waals surface area contributed by atoms with Gasteiger partial charge in [-0.15, -0.1) is 0 Å². The van der Waals surface area contributed by atoms with Gasteiger partial charge in [0.05, 0.1) is 6.10 Å². The van der Waals surface area contributed by atoms with E-state index in [1.54, 1.807) is 0 Å². The van der Waals surface area contributed by atoms with Gasteiger partial charge in [0.1, 0.15) is 17.5 Å². The lowest BCUT2D eigenvalue weighted by atomic mass is 10.2. The monoisotopic (exact) mass is 280 g/mol. The van der Waals surface area contributed by atoms with Crippen molar-refractivity contribution < 1.29 is 5.11 Å². The van der Waals surface area contributed by atoms with Crippen molar-refractivity contribution >= 4 is 11.6 Å². The van der Waals surface area contributed by atoms with E-state index in [1.807, 2.05) is 20.0 Å². The minimum Gasteiger partial charge on any atom is -0.393 e. The van der Waals surface area contributed by atoms with Crippen LogP contribution in [0, 0.1) is 0 Å².